The van der Waals surface area contributed by atoms with E-state index < -0.39 is 0 Å². The highest BCUT2D eigenvalue weighted by Crippen LogP contribution is 2.17. The molecule has 0 atom stereocenters. The van der Waals surface area contributed by atoms with Crippen molar-refractivity contribution in [2.75, 3.05) is 0 Å². The van der Waals surface area contributed by atoms with Crippen molar-refractivity contribution in [2.45, 2.75) is 6.54 Å². The average molecular weight is 319 g/mol. The molecule has 0 aliphatic heterocycles. The highest BCUT2D eigenvalue weighted by atomic mass is 127. The first kappa shape index (κ1) is 10.4. The average Bonchev–Trinajstić information content (AvgIpc) is 2.65. The fourth-order valence-corrected chi connectivity index (χ4v) is 1.88. The normalized spacial score (nSPS) is 10.6. The van der Waals surface area contributed by atoms with Crippen molar-refractivity contribution in [1.29, 1.82) is 0 Å². The second kappa shape index (κ2) is 4.19. The van der Waals surface area contributed by atoms with Gasteiger partial charge in [-0.15, -0.1) is 5.10 Å². The minimum absolute atomic E-state index is 0.237. The maximum atomic E-state index is 12.9. The summed E-state index contributed by atoms with van der Waals surface area (Å²) in [6.07, 6.45) is 0. The Hall–Kier alpha value is -1.09. The third-order valence-corrected chi connectivity index (χ3v) is 2.72. The van der Waals surface area contributed by atoms with E-state index in [1.165, 1.54) is 16.8 Å². The van der Waals surface area contributed by atoms with Crippen LogP contribution in [0.5, 0.6) is 0 Å². The zero-order valence-corrected chi connectivity index (χ0v) is 9.72. The molecule has 0 aliphatic carbocycles. The largest absolute Gasteiger partial charge is 0.324 e. The van der Waals surface area contributed by atoms with E-state index in [2.05, 4.69) is 15.5 Å². The number of aromatic nitrogens is 4. The molecule has 0 spiro atoms. The molecule has 5 nitrogen and oxygen atoms in total. The first-order chi connectivity index (χ1) is 7.22. The third-order valence-electron chi connectivity index (χ3n) is 1.85. The Morgan fingerprint density at radius 1 is 1.47 bits per heavy atom. The van der Waals surface area contributed by atoms with Crippen LogP contribution in [0.25, 0.3) is 5.69 Å². The Labute approximate surface area is 98.6 Å². The topological polar surface area (TPSA) is 69.6 Å². The first-order valence-electron chi connectivity index (χ1n) is 4.15. The predicted octanol–water partition coefficient (Wildman–Crippen LogP) is 0.865. The first-order valence-corrected chi connectivity index (χ1v) is 5.23. The number of rotatable bonds is 2. The van der Waals surface area contributed by atoms with Gasteiger partial charge < -0.3 is 5.73 Å². The van der Waals surface area contributed by atoms with Crippen molar-refractivity contribution in [1.82, 2.24) is 20.2 Å². The maximum Gasteiger partial charge on any atom is 0.170 e. The van der Waals surface area contributed by atoms with Gasteiger partial charge in [0.25, 0.3) is 0 Å². The van der Waals surface area contributed by atoms with Gasteiger partial charge in [0.05, 0.1) is 12.2 Å². The van der Waals surface area contributed by atoms with Crippen LogP contribution in [0, 0.1) is 9.39 Å². The molecule has 2 N–H and O–H groups in total. The van der Waals surface area contributed by atoms with Crippen molar-refractivity contribution in [2.24, 2.45) is 5.73 Å². The van der Waals surface area contributed by atoms with Crippen LogP contribution < -0.4 is 5.73 Å². The highest BCUT2D eigenvalue weighted by Gasteiger charge is 2.09. The Morgan fingerprint density at radius 2 is 2.27 bits per heavy atom. The summed E-state index contributed by atoms with van der Waals surface area (Å²) in [6, 6.07) is 4.39. The van der Waals surface area contributed by atoms with Gasteiger partial charge in [-0.2, -0.15) is 4.68 Å². The van der Waals surface area contributed by atoms with E-state index >= 15 is 0 Å². The van der Waals surface area contributed by atoms with E-state index in [9.17, 15) is 4.39 Å². The van der Waals surface area contributed by atoms with Crippen molar-refractivity contribution >= 4 is 22.6 Å². The van der Waals surface area contributed by atoms with Crippen molar-refractivity contribution in [3.05, 3.63) is 33.4 Å². The monoisotopic (exact) mass is 319 g/mol. The van der Waals surface area contributed by atoms with E-state index in [1.807, 2.05) is 22.6 Å². The number of halogens is 2. The molecular formula is C8H7FIN5. The number of hydrogen-bond acceptors (Lipinski definition) is 4. The van der Waals surface area contributed by atoms with Crippen LogP contribution in [-0.4, -0.2) is 20.2 Å². The molecular weight excluding hydrogens is 312 g/mol. The SMILES string of the molecule is NCc1nnnn1-c1ccc(F)cc1I. The molecule has 1 aromatic heterocycles. The predicted molar refractivity (Wildman–Crippen MR) is 59.7 cm³/mol. The van der Waals surface area contributed by atoms with Gasteiger partial charge in [0.2, 0.25) is 0 Å². The van der Waals surface area contributed by atoms with E-state index in [0.717, 1.165) is 9.26 Å². The van der Waals surface area contributed by atoms with Gasteiger partial charge in [-0.05, 0) is 51.2 Å². The third kappa shape index (κ3) is 1.97. The Morgan fingerprint density at radius 3 is 2.93 bits per heavy atom. The van der Waals surface area contributed by atoms with Crippen LogP contribution in [0.15, 0.2) is 18.2 Å². The molecule has 15 heavy (non-hydrogen) atoms. The zero-order chi connectivity index (χ0) is 10.8. The van der Waals surface area contributed by atoms with Crippen LogP contribution in [0.2, 0.25) is 0 Å². The van der Waals surface area contributed by atoms with E-state index in [0.29, 0.717) is 5.82 Å². The van der Waals surface area contributed by atoms with E-state index in [-0.39, 0.29) is 12.4 Å². The van der Waals surface area contributed by atoms with Crippen LogP contribution >= 0.6 is 22.6 Å². The molecule has 0 radical (unpaired) electrons. The lowest BCUT2D eigenvalue weighted by atomic mass is 10.3. The minimum Gasteiger partial charge on any atom is -0.324 e. The Balaban J connectivity index is 2.54. The summed E-state index contributed by atoms with van der Waals surface area (Å²) in [5, 5.41) is 11.1. The molecule has 0 saturated carbocycles. The second-order valence-electron chi connectivity index (χ2n) is 2.81. The zero-order valence-electron chi connectivity index (χ0n) is 7.56. The number of nitrogens with zero attached hydrogens (tertiary/aromatic N) is 4. The Kier molecular flexibility index (Phi) is 2.91. The molecule has 0 saturated heterocycles. The van der Waals surface area contributed by atoms with Crippen molar-refractivity contribution < 1.29 is 4.39 Å². The number of nitrogens with two attached hydrogens (primary N) is 1. The summed E-state index contributed by atoms with van der Waals surface area (Å²) in [5.74, 6) is 0.255. The van der Waals surface area contributed by atoms with Crippen LogP contribution in [0.1, 0.15) is 5.82 Å². The lowest BCUT2D eigenvalue weighted by Gasteiger charge is -2.05. The van der Waals surface area contributed by atoms with Crippen molar-refractivity contribution in [3.8, 4) is 5.69 Å². The summed E-state index contributed by atoms with van der Waals surface area (Å²) in [6.45, 7) is 0.237. The summed E-state index contributed by atoms with van der Waals surface area (Å²) < 4.78 is 15.1. The van der Waals surface area contributed by atoms with Gasteiger partial charge in [-0.3, -0.25) is 0 Å². The molecule has 1 heterocycles. The van der Waals surface area contributed by atoms with Crippen LogP contribution in [0.4, 0.5) is 4.39 Å². The lowest BCUT2D eigenvalue weighted by molar-refractivity contribution is 0.625. The molecule has 2 rings (SSSR count). The molecule has 0 bridgehead atoms. The summed E-state index contributed by atoms with van der Waals surface area (Å²) >= 11 is 2.02. The standard InChI is InChI=1S/C8H7FIN5/c9-5-1-2-7(6(10)3-5)15-8(4-11)12-13-14-15/h1-3H,4,11H2. The van der Waals surface area contributed by atoms with Gasteiger partial charge in [0, 0.05) is 3.57 Å². The van der Waals surface area contributed by atoms with Crippen LogP contribution in [0.3, 0.4) is 0 Å². The molecule has 0 amide bonds. The quantitative estimate of drug-likeness (QED) is 0.834. The highest BCUT2D eigenvalue weighted by molar-refractivity contribution is 14.1. The molecule has 0 aliphatic rings. The van der Waals surface area contributed by atoms with Gasteiger partial charge >= 0.3 is 0 Å². The fraction of sp³-hybridized carbons (Fsp3) is 0.125. The van der Waals surface area contributed by atoms with Crippen LogP contribution in [-0.2, 0) is 6.54 Å². The molecule has 1 aromatic carbocycles. The molecule has 7 heteroatoms. The summed E-state index contributed by atoms with van der Waals surface area (Å²) in [7, 11) is 0. The lowest BCUT2D eigenvalue weighted by Crippen LogP contribution is -2.09. The second-order valence-corrected chi connectivity index (χ2v) is 3.97. The number of hydrogen-bond donors (Lipinski definition) is 1. The fourth-order valence-electron chi connectivity index (χ4n) is 1.17. The smallest absolute Gasteiger partial charge is 0.170 e. The molecule has 0 unspecified atom stereocenters. The van der Waals surface area contributed by atoms with Gasteiger partial charge in [-0.1, -0.05) is 0 Å². The van der Waals surface area contributed by atoms with Gasteiger partial charge in [0.15, 0.2) is 5.82 Å². The number of tetrazole rings is 1. The summed E-state index contributed by atoms with van der Waals surface area (Å²) in [4.78, 5) is 0. The van der Waals surface area contributed by atoms with Gasteiger partial charge in [0.1, 0.15) is 5.82 Å². The van der Waals surface area contributed by atoms with E-state index in [4.69, 9.17) is 5.73 Å². The molecule has 78 valence electrons. The number of benzene rings is 1. The molecule has 0 fully saturated rings. The van der Waals surface area contributed by atoms with Crippen molar-refractivity contribution in [3.63, 3.8) is 0 Å². The maximum absolute atomic E-state index is 12.9. The Bertz CT molecular complexity index is 484. The summed E-state index contributed by atoms with van der Waals surface area (Å²) in [5.41, 5.74) is 6.20. The minimum atomic E-state index is -0.287. The van der Waals surface area contributed by atoms with E-state index in [1.54, 1.807) is 6.07 Å². The van der Waals surface area contributed by atoms with Gasteiger partial charge in [-0.25, -0.2) is 4.39 Å². The molecule has 2 aromatic rings.